The number of ether oxygens (including phenoxy) is 4. The number of rotatable bonds is 16. The second-order valence-electron chi connectivity index (χ2n) is 31.2. The number of hydrogen-bond acceptors (Lipinski definition) is 12. The van der Waals surface area contributed by atoms with Gasteiger partial charge in [0.2, 0.25) is 0 Å². The Hall–Kier alpha value is -9.44. The van der Waals surface area contributed by atoms with Crippen LogP contribution in [0.3, 0.4) is 0 Å². The van der Waals surface area contributed by atoms with Crippen LogP contribution in [0.5, 0.6) is 23.0 Å². The van der Waals surface area contributed by atoms with Crippen LogP contribution < -0.4 is 18.9 Å². The molecule has 0 saturated carbocycles. The molecular formula is C90H86N6O4S4. The molecule has 104 heavy (non-hydrogen) atoms. The van der Waals surface area contributed by atoms with Gasteiger partial charge in [0.05, 0.1) is 64.6 Å². The fourth-order valence-electron chi connectivity index (χ4n) is 13.3. The minimum absolute atomic E-state index is 0.151. The summed E-state index contributed by atoms with van der Waals surface area (Å²) >= 11 is 6.74. The van der Waals surface area contributed by atoms with E-state index in [9.17, 15) is 0 Å². The molecule has 15 rings (SSSR count). The zero-order valence-electron chi connectivity index (χ0n) is 61.1. The molecule has 0 fully saturated rings. The van der Waals surface area contributed by atoms with Crippen molar-refractivity contribution in [1.29, 1.82) is 0 Å². The van der Waals surface area contributed by atoms with E-state index in [-0.39, 0.29) is 34.9 Å². The highest BCUT2D eigenvalue weighted by Crippen LogP contribution is 2.57. The molecule has 1 aliphatic rings. The van der Waals surface area contributed by atoms with E-state index in [1.165, 1.54) is 54.2 Å². The van der Waals surface area contributed by atoms with Crippen molar-refractivity contribution >= 4 is 90.1 Å². The van der Waals surface area contributed by atoms with Gasteiger partial charge in [0.15, 0.2) is 0 Å². The van der Waals surface area contributed by atoms with Crippen LogP contribution in [0.15, 0.2) is 270 Å². The van der Waals surface area contributed by atoms with Crippen molar-refractivity contribution in [2.24, 2.45) is 0 Å². The third kappa shape index (κ3) is 15.4. The lowest BCUT2D eigenvalue weighted by Crippen LogP contribution is -2.14. The van der Waals surface area contributed by atoms with Crippen molar-refractivity contribution in [2.45, 2.75) is 183 Å². The normalized spacial score (nSPS) is 12.9. The third-order valence-corrected chi connectivity index (χ3v) is 23.4. The highest BCUT2D eigenvalue weighted by Gasteiger charge is 2.32. The summed E-state index contributed by atoms with van der Waals surface area (Å²) in [4.78, 5) is 7.54. The quantitative estimate of drug-likeness (QED) is 0.0862. The molecule has 3 heterocycles. The number of hydrogen-bond donors (Lipinski definition) is 0. The molecule has 524 valence electrons. The summed E-state index contributed by atoms with van der Waals surface area (Å²) in [7, 11) is 0. The van der Waals surface area contributed by atoms with Crippen molar-refractivity contribution in [1.82, 2.24) is 30.0 Å². The van der Waals surface area contributed by atoms with Crippen LogP contribution in [-0.4, -0.2) is 30.0 Å². The molecule has 0 saturated heterocycles. The molecule has 14 aromatic rings. The molecule has 0 amide bonds. The Balaban J connectivity index is 0.915. The molecule has 8 bridgehead atoms. The van der Waals surface area contributed by atoms with E-state index in [4.69, 9.17) is 39.6 Å². The summed E-state index contributed by atoms with van der Waals surface area (Å²) in [5.74, 6) is 2.97. The van der Waals surface area contributed by atoms with Crippen molar-refractivity contribution < 1.29 is 18.9 Å². The maximum Gasteiger partial charge on any atom is 0.147 e. The topological polar surface area (TPSA) is 98.3 Å². The second kappa shape index (κ2) is 28.9. The molecule has 1 aliphatic heterocycles. The van der Waals surface area contributed by atoms with Crippen LogP contribution in [0, 0.1) is 0 Å². The molecule has 0 aliphatic carbocycles. The fourth-order valence-corrected chi connectivity index (χ4v) is 18.1. The van der Waals surface area contributed by atoms with Crippen LogP contribution in [0.4, 0.5) is 0 Å². The van der Waals surface area contributed by atoms with Gasteiger partial charge in [0, 0.05) is 0 Å². The van der Waals surface area contributed by atoms with Gasteiger partial charge in [-0.1, -0.05) is 298 Å². The van der Waals surface area contributed by atoms with Crippen molar-refractivity contribution in [3.8, 4) is 23.0 Å². The standard InChI is InChI=1S/C90H86N6O4S4/c1-87(2,3)63-41-75-83(97-53-57-27-15-13-16-28-57)76(42-63)102-80-46-66(90(10,11)12)48-82(86(80)100-56-68-50-96(94-92-68)52-74-71-37-25-21-33-61(71)40-62-34-22-26-38-72(62)74)104-78-44-64(88(4,5)6)43-77(84(78)98-54-58-29-17-14-18-30-58)103-81-47-65(89(7,8)9)45-79(101-75)85(81)99-55-67-49-95(93-91-67)51-73-69-35-23-19-31-59(69)39-60-32-20-24-36-70(60)73/h13-50H,51-56H2,1-12H3. The molecule has 0 N–H and O–H groups in total. The third-order valence-electron chi connectivity index (χ3n) is 19.2. The Labute approximate surface area is 627 Å². The van der Waals surface area contributed by atoms with E-state index in [2.05, 4.69) is 301 Å². The Kier molecular flexibility index (Phi) is 19.5. The second-order valence-corrected chi connectivity index (χ2v) is 35.5. The fraction of sp³-hybridized carbons (Fsp3) is 0.244. The van der Waals surface area contributed by atoms with Gasteiger partial charge in [-0.2, -0.15) is 0 Å². The van der Waals surface area contributed by atoms with Crippen LogP contribution in [0.25, 0.3) is 43.1 Å². The van der Waals surface area contributed by atoms with E-state index < -0.39 is 0 Å². The average Bonchev–Trinajstić information content (AvgIpc) is 1.01. The number of fused-ring (bicyclic) bond motifs is 12. The first-order valence-electron chi connectivity index (χ1n) is 35.6. The van der Waals surface area contributed by atoms with Crippen LogP contribution >= 0.6 is 47.0 Å². The summed E-state index contributed by atoms with van der Waals surface area (Å²) in [5, 5.41) is 28.9. The molecular weight excluding hydrogens is 1360 g/mol. The first-order valence-corrected chi connectivity index (χ1v) is 38.9. The lowest BCUT2D eigenvalue weighted by Gasteiger charge is -2.28. The predicted octanol–water partition coefficient (Wildman–Crippen LogP) is 24.0. The van der Waals surface area contributed by atoms with Gasteiger partial charge in [-0.05, 0) is 170 Å². The van der Waals surface area contributed by atoms with Gasteiger partial charge in [0.25, 0.3) is 0 Å². The molecule has 0 spiro atoms. The zero-order chi connectivity index (χ0) is 72.1. The number of benzene rings is 12. The predicted molar refractivity (Wildman–Crippen MR) is 428 cm³/mol. The largest absolute Gasteiger partial charge is 0.487 e. The van der Waals surface area contributed by atoms with E-state index in [1.54, 1.807) is 47.0 Å². The summed E-state index contributed by atoms with van der Waals surface area (Å²) in [6, 6.07) is 78.5. The van der Waals surface area contributed by atoms with Gasteiger partial charge in [-0.25, -0.2) is 9.36 Å². The number of aromatic nitrogens is 6. The molecule has 14 heteroatoms. The Morgan fingerprint density at radius 3 is 0.788 bits per heavy atom. The molecule has 2 aromatic heterocycles. The summed E-state index contributed by atoms with van der Waals surface area (Å²) in [5.41, 5.74) is 9.37. The molecule has 10 nitrogen and oxygen atoms in total. The first-order chi connectivity index (χ1) is 50.0. The minimum Gasteiger partial charge on any atom is -0.487 e. The van der Waals surface area contributed by atoms with Gasteiger partial charge in [0.1, 0.15) is 60.8 Å². The van der Waals surface area contributed by atoms with E-state index in [0.717, 1.165) is 95.5 Å². The van der Waals surface area contributed by atoms with E-state index >= 15 is 0 Å². The van der Waals surface area contributed by atoms with E-state index in [0.29, 0.717) is 37.7 Å². The van der Waals surface area contributed by atoms with Crippen LogP contribution in [0.2, 0.25) is 0 Å². The SMILES string of the molecule is CC(C)(C)c1cc2c(OCc3ccccc3)c(c1)Sc1cc(C(C)(C)C)cc(c1OCc1cn(Cc3c4ccccc4cc4ccccc34)nn1)Sc1cc(C(C)(C)C)cc(c1OCc1ccccc1)Sc1cc(C(C)(C)C)cc(c1OCc1cn(Cc3c4ccccc4cc4ccccc34)nn1)S2. The lowest BCUT2D eigenvalue weighted by molar-refractivity contribution is 0.284. The minimum atomic E-state index is -0.289. The van der Waals surface area contributed by atoms with Crippen LogP contribution in [0.1, 0.15) is 139 Å². The maximum absolute atomic E-state index is 7.49. The monoisotopic (exact) mass is 1440 g/mol. The first kappa shape index (κ1) is 70.2. The summed E-state index contributed by atoms with van der Waals surface area (Å²) < 4.78 is 33.7. The Morgan fingerprint density at radius 2 is 0.529 bits per heavy atom. The van der Waals surface area contributed by atoms with E-state index in [1.807, 2.05) is 21.8 Å². The Morgan fingerprint density at radius 1 is 0.288 bits per heavy atom. The zero-order valence-corrected chi connectivity index (χ0v) is 64.4. The Bertz CT molecular complexity index is 4980. The summed E-state index contributed by atoms with van der Waals surface area (Å²) in [6.45, 7) is 29.5. The smallest absolute Gasteiger partial charge is 0.147 e. The summed E-state index contributed by atoms with van der Waals surface area (Å²) in [6.07, 6.45) is 4.07. The van der Waals surface area contributed by atoms with Gasteiger partial charge in [-0.15, -0.1) is 10.2 Å². The van der Waals surface area contributed by atoms with Crippen molar-refractivity contribution in [2.75, 3.05) is 0 Å². The van der Waals surface area contributed by atoms with Gasteiger partial charge < -0.3 is 18.9 Å². The molecule has 0 unspecified atom stereocenters. The van der Waals surface area contributed by atoms with Gasteiger partial charge >= 0.3 is 0 Å². The molecule has 0 radical (unpaired) electrons. The highest BCUT2D eigenvalue weighted by atomic mass is 32.2. The number of nitrogens with zero attached hydrogens (tertiary/aromatic N) is 6. The van der Waals surface area contributed by atoms with Crippen molar-refractivity contribution in [3.63, 3.8) is 0 Å². The van der Waals surface area contributed by atoms with Crippen LogP contribution in [-0.2, 0) is 61.2 Å². The lowest BCUT2D eigenvalue weighted by atomic mass is 9.87. The molecule has 0 atom stereocenters. The average molecular weight is 1440 g/mol. The molecule has 12 aromatic carbocycles. The van der Waals surface area contributed by atoms with Gasteiger partial charge in [-0.3, -0.25) is 0 Å². The highest BCUT2D eigenvalue weighted by molar-refractivity contribution is 8.01. The van der Waals surface area contributed by atoms with Crippen molar-refractivity contribution in [3.05, 3.63) is 287 Å². The maximum atomic E-state index is 7.49.